The lowest BCUT2D eigenvalue weighted by Gasteiger charge is -2.34. The molecule has 0 spiro atoms. The Kier molecular flexibility index (Phi) is 7.98. The van der Waals surface area contributed by atoms with Gasteiger partial charge >= 0.3 is 0 Å². The van der Waals surface area contributed by atoms with E-state index in [1.54, 1.807) is 0 Å². The number of rotatable bonds is 7. The summed E-state index contributed by atoms with van der Waals surface area (Å²) in [5, 5.41) is 10.6. The molecule has 0 aromatic heterocycles. The van der Waals surface area contributed by atoms with Crippen molar-refractivity contribution in [2.24, 2.45) is 10.3 Å². The summed E-state index contributed by atoms with van der Waals surface area (Å²) in [6, 6.07) is 13.0. The summed E-state index contributed by atoms with van der Waals surface area (Å²) in [5.41, 5.74) is 5.76. The molecule has 0 heterocycles. The Morgan fingerprint density at radius 3 is 1.62 bits per heavy atom. The van der Waals surface area contributed by atoms with Crippen LogP contribution in [0.1, 0.15) is 66.5 Å². The van der Waals surface area contributed by atoms with Crippen molar-refractivity contribution in [3.05, 3.63) is 47.5 Å². The summed E-state index contributed by atoms with van der Waals surface area (Å²) < 4.78 is 6.71. The SMILES string of the molecule is CCN(CC)/N=N/c1ccc(-c2cc(C(C)(C)C)c(O[Si](C)(C)C)c(C(C)(C)C)c2)cc1. The fraction of sp³-hybridized carbons (Fsp3) is 0.556. The molecular formula is C27H43N3OSi. The summed E-state index contributed by atoms with van der Waals surface area (Å²) in [6.07, 6.45) is 0. The van der Waals surface area contributed by atoms with Crippen LogP contribution < -0.4 is 4.43 Å². The van der Waals surface area contributed by atoms with E-state index < -0.39 is 8.32 Å². The molecule has 0 unspecified atom stereocenters. The van der Waals surface area contributed by atoms with E-state index in [-0.39, 0.29) is 10.8 Å². The van der Waals surface area contributed by atoms with Crippen molar-refractivity contribution in [3.8, 4) is 16.9 Å². The first-order valence-corrected chi connectivity index (χ1v) is 15.2. The number of hydrogen-bond acceptors (Lipinski definition) is 3. The van der Waals surface area contributed by atoms with Crippen molar-refractivity contribution >= 4 is 14.0 Å². The third kappa shape index (κ3) is 6.93. The summed E-state index contributed by atoms with van der Waals surface area (Å²) in [4.78, 5) is 0. The van der Waals surface area contributed by atoms with Gasteiger partial charge in [-0.15, -0.1) is 5.11 Å². The van der Waals surface area contributed by atoms with E-state index in [0.29, 0.717) is 0 Å². The molecule has 0 aliphatic carbocycles. The second-order valence-corrected chi connectivity index (χ2v) is 15.9. The van der Waals surface area contributed by atoms with Crippen molar-refractivity contribution in [1.82, 2.24) is 5.01 Å². The molecular weight excluding hydrogens is 410 g/mol. The van der Waals surface area contributed by atoms with Gasteiger partial charge in [0.2, 0.25) is 8.32 Å². The van der Waals surface area contributed by atoms with Gasteiger partial charge in [-0.2, -0.15) is 0 Å². The highest BCUT2D eigenvalue weighted by molar-refractivity contribution is 6.70. The number of nitrogens with zero attached hydrogens (tertiary/aromatic N) is 3. The molecule has 32 heavy (non-hydrogen) atoms. The second kappa shape index (κ2) is 9.78. The Morgan fingerprint density at radius 2 is 1.25 bits per heavy atom. The molecule has 0 radical (unpaired) electrons. The maximum absolute atomic E-state index is 6.71. The maximum Gasteiger partial charge on any atom is 0.242 e. The Balaban J connectivity index is 2.60. The van der Waals surface area contributed by atoms with Crippen molar-refractivity contribution in [2.75, 3.05) is 13.1 Å². The first-order valence-electron chi connectivity index (χ1n) is 11.8. The molecule has 4 nitrogen and oxygen atoms in total. The van der Waals surface area contributed by atoms with Gasteiger partial charge in [0.15, 0.2) is 0 Å². The molecule has 0 saturated heterocycles. The van der Waals surface area contributed by atoms with Crippen LogP contribution in [0.25, 0.3) is 11.1 Å². The average Bonchev–Trinajstić information content (AvgIpc) is 2.66. The van der Waals surface area contributed by atoms with Gasteiger partial charge in [-0.1, -0.05) is 58.9 Å². The predicted octanol–water partition coefficient (Wildman–Crippen LogP) is 8.50. The first-order chi connectivity index (χ1) is 14.7. The van der Waals surface area contributed by atoms with Gasteiger partial charge < -0.3 is 4.43 Å². The molecule has 2 rings (SSSR count). The zero-order valence-corrected chi connectivity index (χ0v) is 23.1. The molecule has 0 bridgehead atoms. The third-order valence-corrected chi connectivity index (χ3v) is 6.15. The van der Waals surface area contributed by atoms with Crippen LogP contribution in [-0.4, -0.2) is 26.4 Å². The monoisotopic (exact) mass is 453 g/mol. The molecule has 0 saturated carbocycles. The van der Waals surface area contributed by atoms with E-state index in [2.05, 4.69) is 110 Å². The van der Waals surface area contributed by atoms with E-state index in [1.165, 1.54) is 22.3 Å². The number of hydrogen-bond donors (Lipinski definition) is 0. The summed E-state index contributed by atoms with van der Waals surface area (Å²) in [7, 11) is -1.77. The summed E-state index contributed by atoms with van der Waals surface area (Å²) in [5.74, 6) is 1.08. The molecule has 0 atom stereocenters. The minimum atomic E-state index is -1.77. The zero-order chi connectivity index (χ0) is 24.3. The van der Waals surface area contributed by atoms with Crippen molar-refractivity contribution in [3.63, 3.8) is 0 Å². The molecule has 0 fully saturated rings. The van der Waals surface area contributed by atoms with Crippen LogP contribution in [0.5, 0.6) is 5.75 Å². The third-order valence-electron chi connectivity index (χ3n) is 5.33. The lowest BCUT2D eigenvalue weighted by Crippen LogP contribution is -2.32. The zero-order valence-electron chi connectivity index (χ0n) is 22.1. The molecule has 0 amide bonds. The maximum atomic E-state index is 6.71. The van der Waals surface area contributed by atoms with Crippen LogP contribution in [-0.2, 0) is 10.8 Å². The Hall–Kier alpha value is -2.14. The van der Waals surface area contributed by atoms with Crippen LogP contribution in [0.4, 0.5) is 5.69 Å². The molecule has 0 aliphatic rings. The van der Waals surface area contributed by atoms with Crippen molar-refractivity contribution in [2.45, 2.75) is 85.9 Å². The van der Waals surface area contributed by atoms with Gasteiger partial charge in [0.05, 0.1) is 5.69 Å². The molecule has 5 heteroatoms. The fourth-order valence-electron chi connectivity index (χ4n) is 3.51. The van der Waals surface area contributed by atoms with Crippen molar-refractivity contribution < 1.29 is 4.43 Å². The highest BCUT2D eigenvalue weighted by atomic mass is 28.4. The largest absolute Gasteiger partial charge is 0.544 e. The van der Waals surface area contributed by atoms with Crippen LogP contribution in [0.3, 0.4) is 0 Å². The first kappa shape index (κ1) is 26.1. The standard InChI is InChI=1S/C27H43N3OSi/c1-12-30(13-2)29-28-22-16-14-20(15-17-22)21-18-23(26(3,4)5)25(31-32(9,10)11)24(19-21)27(6,7)8/h14-19H,12-13H2,1-11H3/b29-28+. The molecule has 0 N–H and O–H groups in total. The Labute approximate surface area is 197 Å². The van der Waals surface area contributed by atoms with E-state index in [4.69, 9.17) is 4.43 Å². The molecule has 2 aromatic carbocycles. The van der Waals surface area contributed by atoms with E-state index in [9.17, 15) is 0 Å². The van der Waals surface area contributed by atoms with Crippen LogP contribution in [0.2, 0.25) is 19.6 Å². The number of benzene rings is 2. The van der Waals surface area contributed by atoms with Crippen LogP contribution in [0, 0.1) is 0 Å². The summed E-state index contributed by atoms with van der Waals surface area (Å²) in [6.45, 7) is 26.3. The van der Waals surface area contributed by atoms with Gasteiger partial charge in [-0.05, 0) is 90.8 Å². The van der Waals surface area contributed by atoms with E-state index in [0.717, 1.165) is 24.5 Å². The lowest BCUT2D eigenvalue weighted by atomic mass is 9.78. The fourth-order valence-corrected chi connectivity index (χ4v) is 4.34. The minimum absolute atomic E-state index is 0.0249. The van der Waals surface area contributed by atoms with E-state index >= 15 is 0 Å². The van der Waals surface area contributed by atoms with E-state index in [1.807, 2.05) is 17.1 Å². The van der Waals surface area contributed by atoms with Gasteiger partial charge in [-0.3, -0.25) is 5.01 Å². The molecule has 0 aliphatic heterocycles. The minimum Gasteiger partial charge on any atom is -0.544 e. The topological polar surface area (TPSA) is 37.2 Å². The van der Waals surface area contributed by atoms with Crippen LogP contribution >= 0.6 is 0 Å². The van der Waals surface area contributed by atoms with Crippen molar-refractivity contribution in [1.29, 1.82) is 0 Å². The quantitative estimate of drug-likeness (QED) is 0.239. The Morgan fingerprint density at radius 1 is 0.781 bits per heavy atom. The average molecular weight is 454 g/mol. The second-order valence-electron chi connectivity index (χ2n) is 11.5. The highest BCUT2D eigenvalue weighted by Gasteiger charge is 2.30. The highest BCUT2D eigenvalue weighted by Crippen LogP contribution is 2.43. The lowest BCUT2D eigenvalue weighted by molar-refractivity contribution is 0.301. The smallest absolute Gasteiger partial charge is 0.242 e. The van der Waals surface area contributed by atoms with Crippen LogP contribution in [0.15, 0.2) is 46.7 Å². The normalized spacial score (nSPS) is 13.0. The van der Waals surface area contributed by atoms with Gasteiger partial charge in [0.1, 0.15) is 5.75 Å². The predicted molar refractivity (Wildman–Crippen MR) is 141 cm³/mol. The van der Waals surface area contributed by atoms with Gasteiger partial charge in [0, 0.05) is 13.1 Å². The Bertz CT molecular complexity index is 890. The molecule has 2 aromatic rings. The van der Waals surface area contributed by atoms with Gasteiger partial charge in [-0.25, -0.2) is 0 Å². The van der Waals surface area contributed by atoms with Gasteiger partial charge in [0.25, 0.3) is 0 Å². The summed E-state index contributed by atoms with van der Waals surface area (Å²) >= 11 is 0. The molecule has 176 valence electrons.